The number of hydrogen-bond acceptors (Lipinski definition) is 5. The highest BCUT2D eigenvalue weighted by molar-refractivity contribution is 14.0. The average molecular weight is 498 g/mol. The van der Waals surface area contributed by atoms with E-state index in [0.29, 0.717) is 0 Å². The molecule has 0 aromatic carbocycles. The highest BCUT2D eigenvalue weighted by Crippen LogP contribution is 2.20. The quantitative estimate of drug-likeness (QED) is 0.179. The Morgan fingerprint density at radius 1 is 1.36 bits per heavy atom. The lowest BCUT2D eigenvalue weighted by molar-refractivity contribution is 0.159. The van der Waals surface area contributed by atoms with Crippen LogP contribution in [0.3, 0.4) is 0 Å². The van der Waals surface area contributed by atoms with E-state index in [4.69, 9.17) is 0 Å². The standard InChI is InChI=1S/C17H31N5S2.HI/c1-15-7-3-4-11-22(15)12-5-8-19-16(18-2)20-9-6-13-23-17-21-10-14-24-17;/h10,14-15H,3-9,11-13H2,1-2H3,(H2,18,19,20);1H. The summed E-state index contributed by atoms with van der Waals surface area (Å²) in [5.74, 6) is 2.01. The van der Waals surface area contributed by atoms with Crippen LogP contribution in [0.5, 0.6) is 0 Å². The maximum atomic E-state index is 4.30. The van der Waals surface area contributed by atoms with Gasteiger partial charge in [0.05, 0.1) is 0 Å². The minimum atomic E-state index is 0. The molecule has 1 aromatic heterocycles. The van der Waals surface area contributed by atoms with E-state index in [-0.39, 0.29) is 24.0 Å². The highest BCUT2D eigenvalue weighted by atomic mass is 127. The predicted octanol–water partition coefficient (Wildman–Crippen LogP) is 3.67. The molecule has 1 aromatic rings. The molecular weight excluding hydrogens is 465 g/mol. The van der Waals surface area contributed by atoms with Crippen molar-refractivity contribution in [2.75, 3.05) is 39.0 Å². The van der Waals surface area contributed by atoms with Crippen LogP contribution in [0.2, 0.25) is 0 Å². The van der Waals surface area contributed by atoms with Crippen molar-refractivity contribution >= 4 is 53.0 Å². The molecule has 1 atom stereocenters. The number of halogens is 1. The van der Waals surface area contributed by atoms with Crippen molar-refractivity contribution in [2.24, 2.45) is 4.99 Å². The molecule has 0 amide bonds. The smallest absolute Gasteiger partial charge is 0.190 e. The van der Waals surface area contributed by atoms with Crippen LogP contribution in [-0.4, -0.2) is 60.9 Å². The minimum absolute atomic E-state index is 0. The normalized spacial score (nSPS) is 18.6. The Hall–Kier alpha value is -0.0600. The van der Waals surface area contributed by atoms with Crippen molar-refractivity contribution in [1.82, 2.24) is 20.5 Å². The van der Waals surface area contributed by atoms with E-state index >= 15 is 0 Å². The Morgan fingerprint density at radius 3 is 2.84 bits per heavy atom. The molecule has 5 nitrogen and oxygen atoms in total. The molecule has 1 saturated heterocycles. The zero-order valence-corrected chi connectivity index (χ0v) is 19.3. The second-order valence-corrected chi connectivity index (χ2v) is 8.40. The van der Waals surface area contributed by atoms with Gasteiger partial charge in [0.15, 0.2) is 5.96 Å². The Kier molecular flexibility index (Phi) is 12.9. The second-order valence-electron chi connectivity index (χ2n) is 6.16. The molecule has 8 heteroatoms. The van der Waals surface area contributed by atoms with Crippen molar-refractivity contribution in [3.63, 3.8) is 0 Å². The summed E-state index contributed by atoms with van der Waals surface area (Å²) in [4.78, 5) is 11.2. The van der Waals surface area contributed by atoms with Crippen molar-refractivity contribution < 1.29 is 0 Å². The fraction of sp³-hybridized carbons (Fsp3) is 0.765. The van der Waals surface area contributed by atoms with Gasteiger partial charge in [-0.3, -0.25) is 4.99 Å². The number of nitrogens with one attached hydrogen (secondary N) is 2. The second kappa shape index (κ2) is 14.1. The zero-order valence-electron chi connectivity index (χ0n) is 15.4. The summed E-state index contributed by atoms with van der Waals surface area (Å²) in [6, 6.07) is 0.756. The summed E-state index contributed by atoms with van der Waals surface area (Å²) in [5, 5.41) is 8.84. The Bertz CT molecular complexity index is 470. The molecule has 0 spiro atoms. The zero-order chi connectivity index (χ0) is 17.0. The molecule has 0 radical (unpaired) electrons. The van der Waals surface area contributed by atoms with Crippen LogP contribution in [-0.2, 0) is 0 Å². The van der Waals surface area contributed by atoms with Gasteiger partial charge in [-0.15, -0.1) is 35.3 Å². The SMILES string of the molecule is CN=C(NCCCSc1nccs1)NCCCN1CCCCC1C.I. The minimum Gasteiger partial charge on any atom is -0.356 e. The van der Waals surface area contributed by atoms with Gasteiger partial charge in [0, 0.05) is 50.1 Å². The summed E-state index contributed by atoms with van der Waals surface area (Å²) in [6.45, 7) is 6.75. The number of hydrogen-bond donors (Lipinski definition) is 2. The summed E-state index contributed by atoms with van der Waals surface area (Å²) in [5.41, 5.74) is 0. The molecule has 0 bridgehead atoms. The summed E-state index contributed by atoms with van der Waals surface area (Å²) >= 11 is 3.53. The molecule has 2 heterocycles. The largest absolute Gasteiger partial charge is 0.356 e. The van der Waals surface area contributed by atoms with Gasteiger partial charge < -0.3 is 15.5 Å². The number of aromatic nitrogens is 1. The number of rotatable bonds is 9. The number of thioether (sulfide) groups is 1. The van der Waals surface area contributed by atoms with E-state index in [1.165, 1.54) is 38.8 Å². The number of aliphatic imine (C=N–C) groups is 1. The van der Waals surface area contributed by atoms with E-state index < -0.39 is 0 Å². The molecule has 0 saturated carbocycles. The number of thiazole rings is 1. The van der Waals surface area contributed by atoms with Crippen molar-refractivity contribution in [2.45, 2.75) is 49.4 Å². The van der Waals surface area contributed by atoms with E-state index in [1.807, 2.05) is 30.4 Å². The van der Waals surface area contributed by atoms with Crippen LogP contribution in [0.4, 0.5) is 0 Å². The van der Waals surface area contributed by atoms with Crippen molar-refractivity contribution in [3.05, 3.63) is 11.6 Å². The molecule has 2 N–H and O–H groups in total. The van der Waals surface area contributed by atoms with Crippen LogP contribution < -0.4 is 10.6 Å². The van der Waals surface area contributed by atoms with Gasteiger partial charge in [0.1, 0.15) is 4.34 Å². The Morgan fingerprint density at radius 2 is 2.16 bits per heavy atom. The van der Waals surface area contributed by atoms with Gasteiger partial charge in [-0.1, -0.05) is 18.2 Å². The maximum absolute atomic E-state index is 4.30. The van der Waals surface area contributed by atoms with Gasteiger partial charge in [0.2, 0.25) is 0 Å². The first-order valence-corrected chi connectivity index (χ1v) is 10.9. The molecule has 1 unspecified atom stereocenters. The van der Waals surface area contributed by atoms with Crippen molar-refractivity contribution in [1.29, 1.82) is 0 Å². The fourth-order valence-corrected chi connectivity index (χ4v) is 4.57. The number of likely N-dealkylation sites (tertiary alicyclic amines) is 1. The first-order valence-electron chi connectivity index (χ1n) is 9.00. The van der Waals surface area contributed by atoms with Crippen LogP contribution >= 0.6 is 47.1 Å². The summed E-state index contributed by atoms with van der Waals surface area (Å²) < 4.78 is 1.16. The lowest BCUT2D eigenvalue weighted by atomic mass is 10.0. The molecule has 25 heavy (non-hydrogen) atoms. The molecule has 1 fully saturated rings. The molecule has 0 aliphatic carbocycles. The number of piperidine rings is 1. The van der Waals surface area contributed by atoms with Crippen molar-refractivity contribution in [3.8, 4) is 0 Å². The average Bonchev–Trinajstić information content (AvgIpc) is 3.11. The topological polar surface area (TPSA) is 52.6 Å². The lowest BCUT2D eigenvalue weighted by Crippen LogP contribution is -2.41. The van der Waals surface area contributed by atoms with Crippen LogP contribution in [0.1, 0.15) is 39.0 Å². The third kappa shape index (κ3) is 9.44. The van der Waals surface area contributed by atoms with Gasteiger partial charge in [-0.05, 0) is 39.2 Å². The maximum Gasteiger partial charge on any atom is 0.190 e. The van der Waals surface area contributed by atoms with Crippen LogP contribution in [0.25, 0.3) is 0 Å². The van der Waals surface area contributed by atoms with Crippen LogP contribution in [0, 0.1) is 0 Å². The first-order chi connectivity index (χ1) is 11.8. The molecule has 2 rings (SSSR count). The summed E-state index contributed by atoms with van der Waals surface area (Å²) in [6.07, 6.45) is 8.26. The Balaban J connectivity index is 0.00000312. The third-order valence-corrected chi connectivity index (χ3v) is 6.38. The molecular formula is C17H32IN5S2. The fourth-order valence-electron chi connectivity index (χ4n) is 2.92. The monoisotopic (exact) mass is 497 g/mol. The highest BCUT2D eigenvalue weighted by Gasteiger charge is 2.16. The predicted molar refractivity (Wildman–Crippen MR) is 122 cm³/mol. The Labute approximate surface area is 177 Å². The van der Waals surface area contributed by atoms with Gasteiger partial charge >= 0.3 is 0 Å². The van der Waals surface area contributed by atoms with E-state index in [9.17, 15) is 0 Å². The molecule has 1 aliphatic heterocycles. The molecule has 1 aliphatic rings. The van der Waals surface area contributed by atoms with Gasteiger partial charge in [-0.2, -0.15) is 0 Å². The third-order valence-electron chi connectivity index (χ3n) is 4.33. The molecule has 144 valence electrons. The lowest BCUT2D eigenvalue weighted by Gasteiger charge is -2.33. The first kappa shape index (κ1) is 23.0. The van der Waals surface area contributed by atoms with E-state index in [0.717, 1.165) is 41.6 Å². The van der Waals surface area contributed by atoms with Gasteiger partial charge in [0.25, 0.3) is 0 Å². The van der Waals surface area contributed by atoms with E-state index in [1.54, 1.807) is 11.3 Å². The summed E-state index contributed by atoms with van der Waals surface area (Å²) in [7, 11) is 1.84. The van der Waals surface area contributed by atoms with Crippen LogP contribution in [0.15, 0.2) is 20.9 Å². The number of guanidine groups is 1. The number of nitrogens with zero attached hydrogens (tertiary/aromatic N) is 3. The van der Waals surface area contributed by atoms with Gasteiger partial charge in [-0.25, -0.2) is 4.98 Å². The van der Waals surface area contributed by atoms with E-state index in [2.05, 4.69) is 32.4 Å².